The highest BCUT2D eigenvalue weighted by atomic mass is 16.5. The van der Waals surface area contributed by atoms with Crippen LogP contribution in [-0.2, 0) is 19.2 Å². The van der Waals surface area contributed by atoms with Gasteiger partial charge in [0.05, 0.1) is 23.4 Å². The number of esters is 1. The first-order chi connectivity index (χ1) is 16.8. The number of nitrogens with zero attached hydrogens (tertiary/aromatic N) is 2. The average Bonchev–Trinajstić information content (AvgIpc) is 3.32. The number of hydrogen-bond acceptors (Lipinski definition) is 5. The molecule has 0 spiro atoms. The molecule has 2 aromatic carbocycles. The van der Waals surface area contributed by atoms with Gasteiger partial charge in [0.15, 0.2) is 0 Å². The number of rotatable bonds is 4. The standard InChI is InChI=1S/C28H28N2O5/c1-16-7-6-8-17(2)25(16)29-15-19(14-24(29)31)28(34)35-20-11-12-23(18(3)13-20)30-26(32)21-9-4-5-10-22(21)27(30)33/h4-8,11-13,19,21-22H,9-10,14-15H2,1-3H3/t19-,21+,22+/m1/s1. The van der Waals surface area contributed by atoms with Gasteiger partial charge in [0.1, 0.15) is 5.75 Å². The molecule has 5 rings (SSSR count). The number of para-hydroxylation sites is 1. The lowest BCUT2D eigenvalue weighted by molar-refractivity contribution is -0.139. The van der Waals surface area contributed by atoms with Crippen LogP contribution in [-0.4, -0.2) is 30.2 Å². The minimum absolute atomic E-state index is 0.0945. The second-order valence-electron chi connectivity index (χ2n) is 9.68. The van der Waals surface area contributed by atoms with E-state index in [1.807, 2.05) is 44.2 Å². The van der Waals surface area contributed by atoms with Crippen LogP contribution < -0.4 is 14.5 Å². The van der Waals surface area contributed by atoms with Gasteiger partial charge in [-0.1, -0.05) is 30.4 Å². The Kier molecular flexibility index (Phi) is 5.79. The van der Waals surface area contributed by atoms with Crippen molar-refractivity contribution >= 4 is 35.1 Å². The predicted molar refractivity (Wildman–Crippen MR) is 131 cm³/mol. The third-order valence-corrected chi connectivity index (χ3v) is 7.30. The monoisotopic (exact) mass is 472 g/mol. The molecule has 3 amide bonds. The summed E-state index contributed by atoms with van der Waals surface area (Å²) < 4.78 is 5.62. The van der Waals surface area contributed by atoms with E-state index in [-0.39, 0.29) is 42.5 Å². The lowest BCUT2D eigenvalue weighted by atomic mass is 9.85. The summed E-state index contributed by atoms with van der Waals surface area (Å²) in [6.45, 7) is 5.96. The van der Waals surface area contributed by atoms with Crippen molar-refractivity contribution in [2.24, 2.45) is 17.8 Å². The topological polar surface area (TPSA) is 84.0 Å². The number of benzene rings is 2. The molecule has 7 heteroatoms. The average molecular weight is 473 g/mol. The summed E-state index contributed by atoms with van der Waals surface area (Å²) in [6, 6.07) is 10.8. The molecule has 0 aromatic heterocycles. The number of hydrogen-bond donors (Lipinski definition) is 0. The van der Waals surface area contributed by atoms with Gasteiger partial charge >= 0.3 is 5.97 Å². The van der Waals surface area contributed by atoms with Gasteiger partial charge in [0, 0.05) is 18.7 Å². The first-order valence-electron chi connectivity index (χ1n) is 12.0. The molecule has 0 radical (unpaired) electrons. The Hall–Kier alpha value is -3.74. The van der Waals surface area contributed by atoms with Crippen molar-refractivity contribution in [3.63, 3.8) is 0 Å². The van der Waals surface area contributed by atoms with Crippen molar-refractivity contribution in [3.8, 4) is 5.75 Å². The van der Waals surface area contributed by atoms with E-state index >= 15 is 0 Å². The Balaban J connectivity index is 1.30. The fourth-order valence-corrected chi connectivity index (χ4v) is 5.49. The molecule has 0 bridgehead atoms. The van der Waals surface area contributed by atoms with E-state index < -0.39 is 11.9 Å². The van der Waals surface area contributed by atoms with Crippen molar-refractivity contribution in [2.45, 2.75) is 40.0 Å². The lowest BCUT2D eigenvalue weighted by Gasteiger charge is -2.21. The third kappa shape index (κ3) is 3.95. The van der Waals surface area contributed by atoms with Crippen LogP contribution >= 0.6 is 0 Å². The van der Waals surface area contributed by atoms with Gasteiger partial charge in [-0.2, -0.15) is 0 Å². The maximum Gasteiger partial charge on any atom is 0.316 e. The van der Waals surface area contributed by atoms with E-state index in [0.29, 0.717) is 29.8 Å². The zero-order valence-corrected chi connectivity index (χ0v) is 20.1. The van der Waals surface area contributed by atoms with Crippen molar-refractivity contribution in [1.29, 1.82) is 0 Å². The smallest absolute Gasteiger partial charge is 0.316 e. The summed E-state index contributed by atoms with van der Waals surface area (Å²) in [6.07, 6.45) is 5.18. The zero-order chi connectivity index (χ0) is 24.9. The van der Waals surface area contributed by atoms with Crippen LogP contribution in [0.4, 0.5) is 11.4 Å². The maximum absolute atomic E-state index is 12.9. The second-order valence-corrected chi connectivity index (χ2v) is 9.68. The predicted octanol–water partition coefficient (Wildman–Crippen LogP) is 4.03. The SMILES string of the molecule is Cc1cc(OC(=O)[C@@H]2CC(=O)N(c3c(C)cccc3C)C2)ccc1N1C(=O)[C@H]2CC=CC[C@@H]2C1=O. The highest BCUT2D eigenvalue weighted by molar-refractivity contribution is 6.22. The summed E-state index contributed by atoms with van der Waals surface area (Å²) in [5.41, 5.74) is 4.01. The minimum atomic E-state index is -0.571. The molecule has 2 heterocycles. The quantitative estimate of drug-likeness (QED) is 0.290. The summed E-state index contributed by atoms with van der Waals surface area (Å²) >= 11 is 0. The highest BCUT2D eigenvalue weighted by Gasteiger charge is 2.48. The molecule has 1 aliphatic carbocycles. The molecule has 2 aliphatic heterocycles. The Bertz CT molecular complexity index is 1230. The maximum atomic E-state index is 12.9. The van der Waals surface area contributed by atoms with Crippen LogP contribution in [0.5, 0.6) is 5.75 Å². The van der Waals surface area contributed by atoms with E-state index in [1.54, 1.807) is 30.0 Å². The number of amides is 3. The molecule has 2 aromatic rings. The Morgan fingerprint density at radius 2 is 1.51 bits per heavy atom. The van der Waals surface area contributed by atoms with Crippen molar-refractivity contribution < 1.29 is 23.9 Å². The molecule has 0 saturated carbocycles. The van der Waals surface area contributed by atoms with Crippen molar-refractivity contribution in [1.82, 2.24) is 0 Å². The number of aryl methyl sites for hydroxylation is 3. The minimum Gasteiger partial charge on any atom is -0.426 e. The van der Waals surface area contributed by atoms with Gasteiger partial charge in [-0.3, -0.25) is 19.2 Å². The van der Waals surface area contributed by atoms with E-state index in [4.69, 9.17) is 4.74 Å². The van der Waals surface area contributed by atoms with Crippen LogP contribution in [0.1, 0.15) is 36.0 Å². The number of fused-ring (bicyclic) bond motifs is 1. The molecule has 2 saturated heterocycles. The van der Waals surface area contributed by atoms with Crippen LogP contribution in [0.25, 0.3) is 0 Å². The van der Waals surface area contributed by atoms with Crippen molar-refractivity contribution in [3.05, 3.63) is 65.2 Å². The van der Waals surface area contributed by atoms with Crippen LogP contribution in [0, 0.1) is 38.5 Å². The fraction of sp³-hybridized carbons (Fsp3) is 0.357. The Morgan fingerprint density at radius 3 is 2.11 bits per heavy atom. The van der Waals surface area contributed by atoms with Crippen LogP contribution in [0.2, 0.25) is 0 Å². The van der Waals surface area contributed by atoms with Gasteiger partial charge in [-0.15, -0.1) is 0 Å². The molecule has 3 aliphatic rings. The van der Waals surface area contributed by atoms with E-state index in [1.165, 1.54) is 4.90 Å². The summed E-state index contributed by atoms with van der Waals surface area (Å²) in [5, 5.41) is 0. The molecule has 0 N–H and O–H groups in total. The largest absolute Gasteiger partial charge is 0.426 e. The van der Waals surface area contributed by atoms with E-state index in [9.17, 15) is 19.2 Å². The molecule has 35 heavy (non-hydrogen) atoms. The molecular weight excluding hydrogens is 444 g/mol. The number of carbonyl (C=O) groups is 4. The summed E-state index contributed by atoms with van der Waals surface area (Å²) in [4.78, 5) is 54.4. The molecule has 2 fully saturated rings. The van der Waals surface area contributed by atoms with Gasteiger partial charge in [-0.25, -0.2) is 4.90 Å². The summed E-state index contributed by atoms with van der Waals surface area (Å²) in [7, 11) is 0. The number of ether oxygens (including phenoxy) is 1. The first kappa shape index (κ1) is 23.0. The van der Waals surface area contributed by atoms with Crippen LogP contribution in [0.3, 0.4) is 0 Å². The second kappa shape index (κ2) is 8.80. The molecule has 180 valence electrons. The molecular formula is C28H28N2O5. The van der Waals surface area contributed by atoms with Gasteiger partial charge in [0.25, 0.3) is 0 Å². The normalized spacial score (nSPS) is 23.7. The molecule has 7 nitrogen and oxygen atoms in total. The molecule has 3 atom stereocenters. The highest BCUT2D eigenvalue weighted by Crippen LogP contribution is 2.39. The molecule has 0 unspecified atom stereocenters. The summed E-state index contributed by atoms with van der Waals surface area (Å²) in [5.74, 6) is -1.76. The zero-order valence-electron chi connectivity index (χ0n) is 20.1. The first-order valence-corrected chi connectivity index (χ1v) is 12.0. The number of carbonyl (C=O) groups excluding carboxylic acids is 4. The van der Waals surface area contributed by atoms with Crippen LogP contribution in [0.15, 0.2) is 48.6 Å². The van der Waals surface area contributed by atoms with Gasteiger partial charge in [-0.05, 0) is 68.5 Å². The number of anilines is 2. The van der Waals surface area contributed by atoms with Crippen molar-refractivity contribution in [2.75, 3.05) is 16.3 Å². The lowest BCUT2D eigenvalue weighted by Crippen LogP contribution is -2.31. The van der Waals surface area contributed by atoms with Gasteiger partial charge < -0.3 is 9.64 Å². The fourth-order valence-electron chi connectivity index (χ4n) is 5.49. The van der Waals surface area contributed by atoms with E-state index in [0.717, 1.165) is 16.8 Å². The Labute approximate surface area is 204 Å². The van der Waals surface area contributed by atoms with Gasteiger partial charge in [0.2, 0.25) is 17.7 Å². The van der Waals surface area contributed by atoms with E-state index in [2.05, 4.69) is 0 Å². The Morgan fingerprint density at radius 1 is 0.886 bits per heavy atom. The number of imide groups is 1. The third-order valence-electron chi connectivity index (χ3n) is 7.30. The number of allylic oxidation sites excluding steroid dienone is 2.